The average molecular weight is 148 g/mol. The molecule has 0 fully saturated rings. The van der Waals surface area contributed by atoms with E-state index in [-0.39, 0.29) is 5.02 Å². The minimum atomic E-state index is -0.946. The summed E-state index contributed by atoms with van der Waals surface area (Å²) in [4.78, 5) is 0. The van der Waals surface area contributed by atoms with Crippen LogP contribution in [0.15, 0.2) is 12.1 Å². The van der Waals surface area contributed by atoms with Crippen LogP contribution in [0.5, 0.6) is 0 Å². The first kappa shape index (κ1) is 6.49. The maximum absolute atomic E-state index is 12.1. The molecule has 0 bridgehead atoms. The van der Waals surface area contributed by atoms with Crippen molar-refractivity contribution in [1.82, 2.24) is 0 Å². The van der Waals surface area contributed by atoms with Gasteiger partial charge in [0.05, 0.1) is 5.02 Å². The molecule has 0 spiro atoms. The molecule has 0 aromatic heterocycles. The van der Waals surface area contributed by atoms with Crippen LogP contribution in [0.25, 0.3) is 0 Å². The lowest BCUT2D eigenvalue weighted by Gasteiger charge is -1.89. The van der Waals surface area contributed by atoms with E-state index in [9.17, 15) is 8.78 Å². The SMILES string of the molecule is Fc1c[c]c(Cl)cc1F. The fourth-order valence-corrected chi connectivity index (χ4v) is 0.573. The number of hydrogen-bond donors (Lipinski definition) is 0. The number of benzene rings is 1. The van der Waals surface area contributed by atoms with Gasteiger partial charge in [0.15, 0.2) is 11.6 Å². The third-order valence-corrected chi connectivity index (χ3v) is 1.04. The normalized spacial score (nSPS) is 9.67. The van der Waals surface area contributed by atoms with Gasteiger partial charge in [-0.2, -0.15) is 0 Å². The first-order chi connectivity index (χ1) is 4.20. The predicted octanol–water partition coefficient (Wildman–Crippen LogP) is 2.42. The summed E-state index contributed by atoms with van der Waals surface area (Å²) in [6.45, 7) is 0. The van der Waals surface area contributed by atoms with Gasteiger partial charge >= 0.3 is 0 Å². The van der Waals surface area contributed by atoms with Crippen molar-refractivity contribution >= 4 is 11.6 Å². The zero-order valence-electron chi connectivity index (χ0n) is 4.29. The maximum atomic E-state index is 12.1. The van der Waals surface area contributed by atoms with Crippen LogP contribution in [-0.2, 0) is 0 Å². The van der Waals surface area contributed by atoms with Crippen molar-refractivity contribution in [2.45, 2.75) is 0 Å². The largest absolute Gasteiger partial charge is 0.204 e. The highest BCUT2D eigenvalue weighted by Gasteiger charge is 1.99. The monoisotopic (exact) mass is 147 g/mol. The standard InChI is InChI=1S/C6H2ClF2/c7-4-1-2-5(8)6(9)3-4/h2-3H. The van der Waals surface area contributed by atoms with Crippen LogP contribution in [0.4, 0.5) is 8.78 Å². The summed E-state index contributed by atoms with van der Waals surface area (Å²) >= 11 is 5.25. The molecule has 0 saturated carbocycles. The molecule has 9 heavy (non-hydrogen) atoms. The van der Waals surface area contributed by atoms with E-state index in [2.05, 4.69) is 6.07 Å². The highest BCUT2D eigenvalue weighted by molar-refractivity contribution is 6.30. The zero-order chi connectivity index (χ0) is 6.85. The zero-order valence-corrected chi connectivity index (χ0v) is 5.04. The van der Waals surface area contributed by atoms with Crippen molar-refractivity contribution in [2.24, 2.45) is 0 Å². The van der Waals surface area contributed by atoms with Gasteiger partial charge in [0.1, 0.15) is 0 Å². The van der Waals surface area contributed by atoms with Crippen molar-refractivity contribution in [3.63, 3.8) is 0 Å². The minimum Gasteiger partial charge on any atom is -0.204 e. The molecule has 0 amide bonds. The summed E-state index contributed by atoms with van der Waals surface area (Å²) in [5.41, 5.74) is 0. The van der Waals surface area contributed by atoms with Crippen LogP contribution in [0.2, 0.25) is 5.02 Å². The van der Waals surface area contributed by atoms with Crippen LogP contribution in [0, 0.1) is 17.7 Å². The molecule has 0 aliphatic rings. The molecule has 0 atom stereocenters. The quantitative estimate of drug-likeness (QED) is 0.495. The summed E-state index contributed by atoms with van der Waals surface area (Å²) in [5.74, 6) is -1.88. The molecule has 1 radical (unpaired) electrons. The van der Waals surface area contributed by atoms with Crippen molar-refractivity contribution < 1.29 is 8.78 Å². The number of rotatable bonds is 0. The number of hydrogen-bond acceptors (Lipinski definition) is 0. The Morgan fingerprint density at radius 3 is 2.44 bits per heavy atom. The Morgan fingerprint density at radius 1 is 1.33 bits per heavy atom. The second kappa shape index (κ2) is 2.31. The van der Waals surface area contributed by atoms with Crippen LogP contribution in [0.1, 0.15) is 0 Å². The van der Waals surface area contributed by atoms with Gasteiger partial charge in [0.2, 0.25) is 0 Å². The first-order valence-corrected chi connectivity index (χ1v) is 2.60. The molecule has 0 aliphatic heterocycles. The lowest BCUT2D eigenvalue weighted by atomic mass is 10.3. The van der Waals surface area contributed by atoms with Gasteiger partial charge in [-0.1, -0.05) is 11.6 Å². The van der Waals surface area contributed by atoms with E-state index in [4.69, 9.17) is 11.6 Å². The fraction of sp³-hybridized carbons (Fsp3) is 0. The fourth-order valence-electron chi connectivity index (χ4n) is 0.423. The van der Waals surface area contributed by atoms with E-state index in [0.29, 0.717) is 0 Å². The lowest BCUT2D eigenvalue weighted by Crippen LogP contribution is -1.80. The second-order valence-electron chi connectivity index (χ2n) is 1.48. The van der Waals surface area contributed by atoms with Crippen molar-refractivity contribution in [3.8, 4) is 0 Å². The van der Waals surface area contributed by atoms with Crippen LogP contribution >= 0.6 is 11.6 Å². The molecule has 1 aromatic rings. The molecule has 47 valence electrons. The van der Waals surface area contributed by atoms with E-state index in [1.807, 2.05) is 0 Å². The summed E-state index contributed by atoms with van der Waals surface area (Å²) in [5, 5.41) is 0.0777. The third kappa shape index (κ3) is 1.39. The van der Waals surface area contributed by atoms with Gasteiger partial charge in [0.25, 0.3) is 0 Å². The Kier molecular flexibility index (Phi) is 1.67. The van der Waals surface area contributed by atoms with Crippen molar-refractivity contribution in [2.75, 3.05) is 0 Å². The van der Waals surface area contributed by atoms with E-state index in [1.54, 1.807) is 0 Å². The van der Waals surface area contributed by atoms with Gasteiger partial charge in [-0.15, -0.1) is 0 Å². The van der Waals surface area contributed by atoms with Crippen LogP contribution in [-0.4, -0.2) is 0 Å². The van der Waals surface area contributed by atoms with E-state index in [1.165, 1.54) is 0 Å². The van der Waals surface area contributed by atoms with Gasteiger partial charge in [-0.25, -0.2) is 8.78 Å². The van der Waals surface area contributed by atoms with Gasteiger partial charge in [0, 0.05) is 6.07 Å². The molecule has 0 aliphatic carbocycles. The Labute approximate surface area is 56.1 Å². The van der Waals surface area contributed by atoms with E-state index < -0.39 is 11.6 Å². The third-order valence-electron chi connectivity index (χ3n) is 0.818. The number of halogens is 3. The van der Waals surface area contributed by atoms with Crippen LogP contribution < -0.4 is 0 Å². The van der Waals surface area contributed by atoms with E-state index in [0.717, 1.165) is 12.1 Å². The van der Waals surface area contributed by atoms with E-state index >= 15 is 0 Å². The molecule has 0 N–H and O–H groups in total. The lowest BCUT2D eigenvalue weighted by molar-refractivity contribution is 0.508. The molecule has 0 nitrogen and oxygen atoms in total. The molecular formula is C6H2ClF2. The summed E-state index contributed by atoms with van der Waals surface area (Å²) in [7, 11) is 0. The van der Waals surface area contributed by atoms with Gasteiger partial charge < -0.3 is 0 Å². The topological polar surface area (TPSA) is 0 Å². The van der Waals surface area contributed by atoms with Crippen LogP contribution in [0.3, 0.4) is 0 Å². The van der Waals surface area contributed by atoms with Gasteiger partial charge in [-0.05, 0) is 12.1 Å². The molecule has 1 rings (SSSR count). The predicted molar refractivity (Wildman–Crippen MR) is 30.2 cm³/mol. The molecule has 0 unspecified atom stereocenters. The van der Waals surface area contributed by atoms with Crippen molar-refractivity contribution in [1.29, 1.82) is 0 Å². The molecule has 0 saturated heterocycles. The Morgan fingerprint density at radius 2 is 2.00 bits per heavy atom. The summed E-state index contributed by atoms with van der Waals surface area (Å²) in [6, 6.07) is 4.02. The molecule has 0 heterocycles. The highest BCUT2D eigenvalue weighted by Crippen LogP contribution is 2.11. The summed E-state index contributed by atoms with van der Waals surface area (Å²) in [6.07, 6.45) is 0. The second-order valence-corrected chi connectivity index (χ2v) is 1.88. The Hall–Kier alpha value is -0.630. The van der Waals surface area contributed by atoms with Gasteiger partial charge in [-0.3, -0.25) is 0 Å². The summed E-state index contributed by atoms with van der Waals surface area (Å²) < 4.78 is 24.1. The smallest absolute Gasteiger partial charge is 0.160 e. The molecule has 3 heteroatoms. The highest BCUT2D eigenvalue weighted by atomic mass is 35.5. The maximum Gasteiger partial charge on any atom is 0.160 e. The Balaban J connectivity index is 3.17. The minimum absolute atomic E-state index is 0.0777. The average Bonchev–Trinajstić information content (AvgIpc) is 1.80. The molecular weight excluding hydrogens is 146 g/mol. The first-order valence-electron chi connectivity index (χ1n) is 2.22. The molecule has 1 aromatic carbocycles. The Bertz CT molecular complexity index is 222. The van der Waals surface area contributed by atoms with Crippen molar-refractivity contribution in [3.05, 3.63) is 34.9 Å².